The molecule has 1 aromatic carbocycles. The Labute approximate surface area is 118 Å². The summed E-state index contributed by atoms with van der Waals surface area (Å²) in [6, 6.07) is 3.59. The number of nitrogens with two attached hydrogens (primary N) is 1. The fourth-order valence-electron chi connectivity index (χ4n) is 1.54. The summed E-state index contributed by atoms with van der Waals surface area (Å²) in [6.07, 6.45) is 0.697. The highest BCUT2D eigenvalue weighted by Gasteiger charge is 2.14. The minimum atomic E-state index is -0.565. The molecule has 0 unspecified atom stereocenters. The Morgan fingerprint density at radius 3 is 2.16 bits per heavy atom. The maximum absolute atomic E-state index is 12.6. The van der Waals surface area contributed by atoms with E-state index in [0.717, 1.165) is 5.56 Å². The summed E-state index contributed by atoms with van der Waals surface area (Å²) >= 11 is 0. The van der Waals surface area contributed by atoms with E-state index >= 15 is 0 Å². The maximum Gasteiger partial charge on any atom is 0.203 e. The zero-order valence-corrected chi connectivity index (χ0v) is 11.9. The summed E-state index contributed by atoms with van der Waals surface area (Å²) in [4.78, 5) is 0. The molecule has 1 aromatic rings. The molecule has 0 aliphatic carbocycles. The molecule has 6 heteroatoms. The second kappa shape index (κ2) is 8.61. The van der Waals surface area contributed by atoms with E-state index in [1.807, 2.05) is 0 Å². The van der Waals surface area contributed by atoms with Gasteiger partial charge in [0.1, 0.15) is 12.4 Å². The minimum Gasteiger partial charge on any atom is -0.493 e. The SMILES string of the molecule is C=C(F)COc1c(OC)cc(CCN)cc1OC.Cl. The highest BCUT2D eigenvalue weighted by atomic mass is 35.5. The Kier molecular flexibility index (Phi) is 7.95. The van der Waals surface area contributed by atoms with E-state index in [1.165, 1.54) is 14.2 Å². The lowest BCUT2D eigenvalue weighted by atomic mass is 10.1. The van der Waals surface area contributed by atoms with Crippen molar-refractivity contribution < 1.29 is 18.6 Å². The zero-order valence-electron chi connectivity index (χ0n) is 11.1. The first-order valence-corrected chi connectivity index (χ1v) is 5.53. The number of benzene rings is 1. The second-order valence-corrected chi connectivity index (χ2v) is 3.67. The lowest BCUT2D eigenvalue weighted by Crippen LogP contribution is -2.05. The van der Waals surface area contributed by atoms with Gasteiger partial charge in [-0.3, -0.25) is 0 Å². The van der Waals surface area contributed by atoms with Crippen LogP contribution in [0, 0.1) is 0 Å². The Balaban J connectivity index is 0.00000324. The first-order chi connectivity index (χ1) is 8.62. The number of ether oxygens (including phenoxy) is 3. The van der Waals surface area contributed by atoms with Crippen molar-refractivity contribution in [3.8, 4) is 17.2 Å². The van der Waals surface area contributed by atoms with Gasteiger partial charge in [-0.05, 0) is 30.7 Å². The summed E-state index contributed by atoms with van der Waals surface area (Å²) in [7, 11) is 3.02. The van der Waals surface area contributed by atoms with Crippen molar-refractivity contribution in [3.63, 3.8) is 0 Å². The first-order valence-electron chi connectivity index (χ1n) is 5.53. The quantitative estimate of drug-likeness (QED) is 0.838. The van der Waals surface area contributed by atoms with E-state index in [4.69, 9.17) is 19.9 Å². The molecule has 0 aromatic heterocycles. The zero-order chi connectivity index (χ0) is 13.5. The number of hydrogen-bond acceptors (Lipinski definition) is 4. The van der Waals surface area contributed by atoms with Gasteiger partial charge >= 0.3 is 0 Å². The van der Waals surface area contributed by atoms with Crippen LogP contribution in [0.3, 0.4) is 0 Å². The van der Waals surface area contributed by atoms with Gasteiger partial charge in [0.15, 0.2) is 11.5 Å². The summed E-state index contributed by atoms with van der Waals surface area (Å²) in [5, 5.41) is 0. The molecule has 2 N–H and O–H groups in total. The van der Waals surface area contributed by atoms with Crippen molar-refractivity contribution in [1.29, 1.82) is 0 Å². The third-order valence-corrected chi connectivity index (χ3v) is 2.33. The minimum absolute atomic E-state index is 0. The summed E-state index contributed by atoms with van der Waals surface area (Å²) in [5.74, 6) is 0.766. The van der Waals surface area contributed by atoms with Gasteiger partial charge in [0.05, 0.1) is 14.2 Å². The molecule has 0 radical (unpaired) electrons. The molecular formula is C13H19ClFNO3. The predicted octanol–water partition coefficient (Wildman–Crippen LogP) is 2.49. The molecule has 1 rings (SSSR count). The highest BCUT2D eigenvalue weighted by molar-refractivity contribution is 5.85. The van der Waals surface area contributed by atoms with Crippen molar-refractivity contribution in [2.24, 2.45) is 5.73 Å². The van der Waals surface area contributed by atoms with Crippen molar-refractivity contribution >= 4 is 12.4 Å². The molecule has 0 fully saturated rings. The van der Waals surface area contributed by atoms with Crippen LogP contribution in [-0.2, 0) is 6.42 Å². The van der Waals surface area contributed by atoms with E-state index in [2.05, 4.69) is 6.58 Å². The molecule has 0 amide bonds. The molecule has 0 heterocycles. The number of methoxy groups -OCH3 is 2. The molecule has 108 valence electrons. The van der Waals surface area contributed by atoms with E-state index in [0.29, 0.717) is 30.2 Å². The highest BCUT2D eigenvalue weighted by Crippen LogP contribution is 2.38. The standard InChI is InChI=1S/C13H18FNO3.ClH/c1-9(14)8-18-13-11(16-2)6-10(4-5-15)7-12(13)17-3;/h6-7H,1,4-5,8,15H2,2-3H3;1H. The molecule has 0 atom stereocenters. The van der Waals surface area contributed by atoms with Crippen LogP contribution in [0.25, 0.3) is 0 Å². The van der Waals surface area contributed by atoms with Crippen LogP contribution < -0.4 is 19.9 Å². The van der Waals surface area contributed by atoms with E-state index in [9.17, 15) is 4.39 Å². The van der Waals surface area contributed by atoms with Crippen LogP contribution in [0.1, 0.15) is 5.56 Å². The van der Waals surface area contributed by atoms with Gasteiger partial charge in [-0.2, -0.15) is 0 Å². The summed E-state index contributed by atoms with van der Waals surface area (Å²) in [6.45, 7) is 3.43. The molecule has 0 aliphatic heterocycles. The molecule has 19 heavy (non-hydrogen) atoms. The molecule has 0 aliphatic rings. The van der Waals surface area contributed by atoms with Gasteiger partial charge in [0, 0.05) is 0 Å². The second-order valence-electron chi connectivity index (χ2n) is 3.67. The van der Waals surface area contributed by atoms with E-state index < -0.39 is 5.83 Å². The Hall–Kier alpha value is -1.46. The third-order valence-electron chi connectivity index (χ3n) is 2.33. The normalized spacial score (nSPS) is 9.47. The monoisotopic (exact) mass is 291 g/mol. The first kappa shape index (κ1) is 17.5. The van der Waals surface area contributed by atoms with Crippen molar-refractivity contribution in [3.05, 3.63) is 30.1 Å². The smallest absolute Gasteiger partial charge is 0.203 e. The van der Waals surface area contributed by atoms with Crippen molar-refractivity contribution in [2.75, 3.05) is 27.4 Å². The van der Waals surface area contributed by atoms with E-state index in [1.54, 1.807) is 12.1 Å². The number of hydrogen-bond donors (Lipinski definition) is 1. The average Bonchev–Trinajstić information content (AvgIpc) is 2.36. The number of rotatable bonds is 7. The lowest BCUT2D eigenvalue weighted by molar-refractivity contribution is 0.278. The lowest BCUT2D eigenvalue weighted by Gasteiger charge is -2.15. The van der Waals surface area contributed by atoms with Gasteiger partial charge in [0.25, 0.3) is 0 Å². The summed E-state index contributed by atoms with van der Waals surface area (Å²) < 4.78 is 28.3. The summed E-state index contributed by atoms with van der Waals surface area (Å²) in [5.41, 5.74) is 6.48. The predicted molar refractivity (Wildman–Crippen MR) is 75.3 cm³/mol. The number of halogens is 2. The van der Waals surface area contributed by atoms with Crippen LogP contribution in [0.2, 0.25) is 0 Å². The van der Waals surface area contributed by atoms with Gasteiger partial charge < -0.3 is 19.9 Å². The van der Waals surface area contributed by atoms with Gasteiger partial charge in [-0.1, -0.05) is 6.58 Å². The van der Waals surface area contributed by atoms with Crippen LogP contribution in [0.5, 0.6) is 17.2 Å². The topological polar surface area (TPSA) is 53.7 Å². The molecule has 4 nitrogen and oxygen atoms in total. The molecule has 0 saturated heterocycles. The van der Waals surface area contributed by atoms with Crippen LogP contribution in [0.4, 0.5) is 4.39 Å². The molecule has 0 bridgehead atoms. The largest absolute Gasteiger partial charge is 0.493 e. The Bertz CT molecular complexity index is 401. The Morgan fingerprint density at radius 2 is 1.79 bits per heavy atom. The van der Waals surface area contributed by atoms with Crippen molar-refractivity contribution in [2.45, 2.75) is 6.42 Å². The fourth-order valence-corrected chi connectivity index (χ4v) is 1.54. The molecular weight excluding hydrogens is 273 g/mol. The van der Waals surface area contributed by atoms with Gasteiger partial charge in [0.2, 0.25) is 5.75 Å². The van der Waals surface area contributed by atoms with E-state index in [-0.39, 0.29) is 19.0 Å². The van der Waals surface area contributed by atoms with Crippen LogP contribution >= 0.6 is 12.4 Å². The third kappa shape index (κ3) is 4.96. The van der Waals surface area contributed by atoms with Crippen LogP contribution in [-0.4, -0.2) is 27.4 Å². The molecule has 0 spiro atoms. The maximum atomic E-state index is 12.6. The fraction of sp³-hybridized carbons (Fsp3) is 0.385. The molecule has 0 saturated carbocycles. The Morgan fingerprint density at radius 1 is 1.26 bits per heavy atom. The average molecular weight is 292 g/mol. The van der Waals surface area contributed by atoms with Crippen molar-refractivity contribution in [1.82, 2.24) is 0 Å². The van der Waals surface area contributed by atoms with Gasteiger partial charge in [-0.15, -0.1) is 12.4 Å². The van der Waals surface area contributed by atoms with Crippen LogP contribution in [0.15, 0.2) is 24.5 Å². The van der Waals surface area contributed by atoms with Gasteiger partial charge in [-0.25, -0.2) is 4.39 Å².